The predicted octanol–water partition coefficient (Wildman–Crippen LogP) is 2.15. The highest BCUT2D eigenvalue weighted by atomic mass is 15.3. The lowest BCUT2D eigenvalue weighted by molar-refractivity contribution is 1.04. The summed E-state index contributed by atoms with van der Waals surface area (Å²) >= 11 is 0. The van der Waals surface area contributed by atoms with Crippen LogP contribution in [-0.4, -0.2) is 17.0 Å². The molecular formula is C13H17N5. The first-order valence-corrected chi connectivity index (χ1v) is 5.72. The molecule has 94 valence electrons. The Bertz CT molecular complexity index is 553. The molecule has 0 fully saturated rings. The quantitative estimate of drug-likeness (QED) is 0.638. The Balaban J connectivity index is 2.41. The minimum Gasteiger partial charge on any atom is -0.329 e. The molecule has 0 spiro atoms. The van der Waals surface area contributed by atoms with Gasteiger partial charge in [-0.1, -0.05) is 12.1 Å². The summed E-state index contributed by atoms with van der Waals surface area (Å²) in [5.74, 6) is 6.59. The van der Waals surface area contributed by atoms with Crippen LogP contribution in [-0.2, 0) is 0 Å². The highest BCUT2D eigenvalue weighted by Crippen LogP contribution is 2.25. The van der Waals surface area contributed by atoms with Gasteiger partial charge in [0, 0.05) is 24.5 Å². The van der Waals surface area contributed by atoms with Gasteiger partial charge in [0.15, 0.2) is 0 Å². The number of nitrogens with two attached hydrogens (primary N) is 1. The molecule has 2 rings (SSSR count). The van der Waals surface area contributed by atoms with E-state index in [2.05, 4.69) is 34.5 Å². The number of anilines is 3. The number of hydrogen-bond donors (Lipinski definition) is 2. The van der Waals surface area contributed by atoms with Gasteiger partial charge in [0.2, 0.25) is 5.95 Å². The number of nitrogens with one attached hydrogen (secondary N) is 1. The number of hydrogen-bond acceptors (Lipinski definition) is 5. The third kappa shape index (κ3) is 2.41. The third-order valence-corrected chi connectivity index (χ3v) is 2.78. The number of aryl methyl sites for hydroxylation is 2. The number of nitrogens with zero attached hydrogens (tertiary/aromatic N) is 3. The molecule has 0 saturated heterocycles. The van der Waals surface area contributed by atoms with Crippen LogP contribution in [0.25, 0.3) is 0 Å². The Hall–Kier alpha value is -2.14. The summed E-state index contributed by atoms with van der Waals surface area (Å²) in [5, 5.41) is 0. The van der Waals surface area contributed by atoms with Crippen LogP contribution in [0.1, 0.15) is 11.1 Å². The fraction of sp³-hybridized carbons (Fsp3) is 0.231. The summed E-state index contributed by atoms with van der Waals surface area (Å²) in [6.07, 6.45) is 1.75. The average Bonchev–Trinajstić information content (AvgIpc) is 2.38. The maximum absolute atomic E-state index is 5.34. The molecule has 1 aromatic carbocycles. The lowest BCUT2D eigenvalue weighted by Gasteiger charge is -2.20. The van der Waals surface area contributed by atoms with Gasteiger partial charge in [0.1, 0.15) is 5.82 Å². The summed E-state index contributed by atoms with van der Waals surface area (Å²) in [4.78, 5) is 10.5. The maximum Gasteiger partial charge on any atom is 0.239 e. The topological polar surface area (TPSA) is 67.1 Å². The highest BCUT2D eigenvalue weighted by molar-refractivity contribution is 5.63. The Kier molecular flexibility index (Phi) is 3.43. The van der Waals surface area contributed by atoms with Crippen molar-refractivity contribution < 1.29 is 0 Å². The van der Waals surface area contributed by atoms with Crippen molar-refractivity contribution in [2.45, 2.75) is 13.8 Å². The lowest BCUT2D eigenvalue weighted by atomic mass is 10.2. The lowest BCUT2D eigenvalue weighted by Crippen LogP contribution is -2.16. The van der Waals surface area contributed by atoms with Crippen LogP contribution in [0.5, 0.6) is 0 Å². The van der Waals surface area contributed by atoms with E-state index in [4.69, 9.17) is 5.84 Å². The van der Waals surface area contributed by atoms with E-state index in [9.17, 15) is 0 Å². The fourth-order valence-corrected chi connectivity index (χ4v) is 1.80. The van der Waals surface area contributed by atoms with E-state index in [0.29, 0.717) is 5.95 Å². The van der Waals surface area contributed by atoms with E-state index in [1.54, 1.807) is 6.20 Å². The first-order valence-electron chi connectivity index (χ1n) is 5.72. The van der Waals surface area contributed by atoms with Crippen LogP contribution in [0.15, 0.2) is 30.5 Å². The molecule has 0 unspecified atom stereocenters. The minimum atomic E-state index is 0.412. The number of rotatable bonds is 3. The zero-order chi connectivity index (χ0) is 13.1. The van der Waals surface area contributed by atoms with Crippen LogP contribution in [0.2, 0.25) is 0 Å². The number of hydrazine groups is 1. The van der Waals surface area contributed by atoms with Crippen LogP contribution in [0.4, 0.5) is 17.5 Å². The van der Waals surface area contributed by atoms with Gasteiger partial charge in [-0.25, -0.2) is 10.8 Å². The molecule has 1 aromatic heterocycles. The van der Waals surface area contributed by atoms with Crippen molar-refractivity contribution in [1.29, 1.82) is 0 Å². The summed E-state index contributed by atoms with van der Waals surface area (Å²) in [6.45, 7) is 4.04. The summed E-state index contributed by atoms with van der Waals surface area (Å²) in [5.41, 5.74) is 5.76. The van der Waals surface area contributed by atoms with Gasteiger partial charge >= 0.3 is 0 Å². The maximum atomic E-state index is 5.34. The van der Waals surface area contributed by atoms with Crippen molar-refractivity contribution in [2.75, 3.05) is 17.4 Å². The van der Waals surface area contributed by atoms with Crippen LogP contribution < -0.4 is 16.2 Å². The third-order valence-electron chi connectivity index (χ3n) is 2.78. The second-order valence-electron chi connectivity index (χ2n) is 4.24. The Morgan fingerprint density at radius 1 is 1.28 bits per heavy atom. The SMILES string of the molecule is Cc1cccc(N(C)c2nc(NN)ncc2C)c1. The van der Waals surface area contributed by atoms with E-state index in [1.165, 1.54) is 5.56 Å². The van der Waals surface area contributed by atoms with E-state index in [0.717, 1.165) is 17.1 Å². The molecule has 0 atom stereocenters. The van der Waals surface area contributed by atoms with Crippen molar-refractivity contribution in [3.05, 3.63) is 41.6 Å². The van der Waals surface area contributed by atoms with Gasteiger partial charge in [-0.05, 0) is 31.5 Å². The zero-order valence-electron chi connectivity index (χ0n) is 10.8. The van der Waals surface area contributed by atoms with Crippen LogP contribution in [0.3, 0.4) is 0 Å². The van der Waals surface area contributed by atoms with E-state index in [1.807, 2.05) is 31.0 Å². The van der Waals surface area contributed by atoms with Gasteiger partial charge in [-0.15, -0.1) is 0 Å². The van der Waals surface area contributed by atoms with E-state index >= 15 is 0 Å². The molecule has 0 saturated carbocycles. The molecule has 0 bridgehead atoms. The second kappa shape index (κ2) is 5.01. The van der Waals surface area contributed by atoms with Gasteiger partial charge in [0.05, 0.1) is 0 Å². The summed E-state index contributed by atoms with van der Waals surface area (Å²) < 4.78 is 0. The van der Waals surface area contributed by atoms with Crippen molar-refractivity contribution in [3.8, 4) is 0 Å². The molecule has 0 amide bonds. The molecular weight excluding hydrogens is 226 g/mol. The smallest absolute Gasteiger partial charge is 0.239 e. The Labute approximate surface area is 107 Å². The standard InChI is InChI=1S/C13H17N5/c1-9-5-4-6-11(7-9)18(3)12-10(2)8-15-13(16-12)17-14/h4-8H,14H2,1-3H3,(H,15,16,17). The summed E-state index contributed by atoms with van der Waals surface area (Å²) in [7, 11) is 1.98. The van der Waals surface area contributed by atoms with Crippen molar-refractivity contribution in [1.82, 2.24) is 9.97 Å². The molecule has 18 heavy (non-hydrogen) atoms. The van der Waals surface area contributed by atoms with E-state index in [-0.39, 0.29) is 0 Å². The Morgan fingerprint density at radius 2 is 2.06 bits per heavy atom. The largest absolute Gasteiger partial charge is 0.329 e. The molecule has 3 N–H and O–H groups in total. The highest BCUT2D eigenvalue weighted by Gasteiger charge is 2.10. The molecule has 2 aromatic rings. The molecule has 5 heteroatoms. The van der Waals surface area contributed by atoms with E-state index < -0.39 is 0 Å². The molecule has 5 nitrogen and oxygen atoms in total. The number of aromatic nitrogens is 2. The van der Waals surface area contributed by atoms with Gasteiger partial charge < -0.3 is 4.90 Å². The molecule has 1 heterocycles. The number of benzene rings is 1. The first kappa shape index (κ1) is 12.3. The number of nitrogen functional groups attached to an aromatic ring is 1. The fourth-order valence-electron chi connectivity index (χ4n) is 1.80. The van der Waals surface area contributed by atoms with Crippen molar-refractivity contribution >= 4 is 17.5 Å². The van der Waals surface area contributed by atoms with Gasteiger partial charge in [-0.3, -0.25) is 5.43 Å². The first-order chi connectivity index (χ1) is 8.61. The Morgan fingerprint density at radius 3 is 2.72 bits per heavy atom. The predicted molar refractivity (Wildman–Crippen MR) is 73.8 cm³/mol. The normalized spacial score (nSPS) is 10.2. The average molecular weight is 243 g/mol. The minimum absolute atomic E-state index is 0.412. The van der Waals surface area contributed by atoms with Crippen molar-refractivity contribution in [2.24, 2.45) is 5.84 Å². The molecule has 0 radical (unpaired) electrons. The molecule has 0 aliphatic heterocycles. The monoisotopic (exact) mass is 243 g/mol. The second-order valence-corrected chi connectivity index (χ2v) is 4.24. The van der Waals surface area contributed by atoms with Crippen molar-refractivity contribution in [3.63, 3.8) is 0 Å². The molecule has 0 aliphatic rings. The zero-order valence-corrected chi connectivity index (χ0v) is 10.8. The van der Waals surface area contributed by atoms with Gasteiger partial charge in [0.25, 0.3) is 0 Å². The summed E-state index contributed by atoms with van der Waals surface area (Å²) in [6, 6.07) is 8.25. The van der Waals surface area contributed by atoms with Crippen LogP contribution >= 0.6 is 0 Å². The van der Waals surface area contributed by atoms with Crippen LogP contribution in [0, 0.1) is 13.8 Å². The van der Waals surface area contributed by atoms with Gasteiger partial charge in [-0.2, -0.15) is 4.98 Å². The molecule has 0 aliphatic carbocycles.